The summed E-state index contributed by atoms with van der Waals surface area (Å²) in [5, 5.41) is 11.3. The van der Waals surface area contributed by atoms with Gasteiger partial charge in [0.05, 0.1) is 29.9 Å². The molecule has 5 nitrogen and oxygen atoms in total. The summed E-state index contributed by atoms with van der Waals surface area (Å²) in [5.74, 6) is 0.469. The predicted octanol–water partition coefficient (Wildman–Crippen LogP) is 4.62. The van der Waals surface area contributed by atoms with Crippen molar-refractivity contribution in [2.75, 3.05) is 6.54 Å². The summed E-state index contributed by atoms with van der Waals surface area (Å²) in [4.78, 5) is 9.73. The van der Waals surface area contributed by atoms with Crippen LogP contribution in [0.4, 0.5) is 0 Å². The van der Waals surface area contributed by atoms with Crippen LogP contribution in [0.2, 0.25) is 0 Å². The Morgan fingerprint density at radius 1 is 1.14 bits per heavy atom. The number of aromatic amines is 1. The fraction of sp³-hybridized carbons (Fsp3) is 0.292. The molecule has 29 heavy (non-hydrogen) atoms. The average Bonchev–Trinajstić information content (AvgIpc) is 3.51. The summed E-state index contributed by atoms with van der Waals surface area (Å²) in [7, 11) is 0. The third-order valence-corrected chi connectivity index (χ3v) is 6.71. The lowest BCUT2D eigenvalue weighted by atomic mass is 9.87. The van der Waals surface area contributed by atoms with Crippen LogP contribution >= 0.6 is 0 Å². The molecular formula is C24H23N3O2. The molecule has 0 bridgehead atoms. The highest BCUT2D eigenvalue weighted by Crippen LogP contribution is 2.45. The van der Waals surface area contributed by atoms with E-state index in [4.69, 9.17) is 4.42 Å². The van der Waals surface area contributed by atoms with E-state index in [1.165, 1.54) is 23.1 Å². The Morgan fingerprint density at radius 3 is 3.00 bits per heavy atom. The van der Waals surface area contributed by atoms with Gasteiger partial charge in [-0.3, -0.25) is 4.90 Å². The Balaban J connectivity index is 1.32. The van der Waals surface area contributed by atoms with Gasteiger partial charge in [-0.2, -0.15) is 0 Å². The van der Waals surface area contributed by atoms with Crippen molar-refractivity contribution in [1.29, 1.82) is 0 Å². The second kappa shape index (κ2) is 6.58. The number of furan rings is 1. The molecular weight excluding hydrogens is 362 g/mol. The molecule has 6 rings (SSSR count). The van der Waals surface area contributed by atoms with Crippen molar-refractivity contribution in [2.45, 2.75) is 37.5 Å². The van der Waals surface area contributed by atoms with E-state index in [9.17, 15) is 5.11 Å². The summed E-state index contributed by atoms with van der Waals surface area (Å²) in [5.41, 5.74) is 8.01. The topological polar surface area (TPSA) is 65.3 Å². The van der Waals surface area contributed by atoms with Crippen LogP contribution in [-0.2, 0) is 6.42 Å². The molecule has 1 fully saturated rings. The van der Waals surface area contributed by atoms with Crippen molar-refractivity contribution in [3.05, 3.63) is 78.0 Å². The van der Waals surface area contributed by atoms with Gasteiger partial charge in [-0.1, -0.05) is 24.3 Å². The van der Waals surface area contributed by atoms with E-state index in [1.54, 1.807) is 18.9 Å². The number of imidazole rings is 1. The van der Waals surface area contributed by atoms with Crippen LogP contribution < -0.4 is 0 Å². The van der Waals surface area contributed by atoms with Crippen molar-refractivity contribution < 1.29 is 9.52 Å². The number of H-pyrrole nitrogens is 1. The van der Waals surface area contributed by atoms with Crippen LogP contribution in [0.3, 0.4) is 0 Å². The van der Waals surface area contributed by atoms with E-state index in [0.29, 0.717) is 12.0 Å². The predicted molar refractivity (Wildman–Crippen MR) is 111 cm³/mol. The maximum absolute atomic E-state index is 11.3. The van der Waals surface area contributed by atoms with Gasteiger partial charge in [0.25, 0.3) is 0 Å². The molecule has 0 saturated carbocycles. The Morgan fingerprint density at radius 2 is 2.10 bits per heavy atom. The number of benzene rings is 2. The minimum atomic E-state index is -0.599. The first-order valence-corrected chi connectivity index (χ1v) is 10.3. The molecule has 4 aromatic rings. The molecule has 2 N–H and O–H groups in total. The molecule has 2 aromatic carbocycles. The van der Waals surface area contributed by atoms with E-state index in [2.05, 4.69) is 33.1 Å². The highest BCUT2D eigenvalue weighted by Gasteiger charge is 2.41. The highest BCUT2D eigenvalue weighted by atomic mass is 16.3. The summed E-state index contributed by atoms with van der Waals surface area (Å²) in [6.45, 7) is 0.923. The van der Waals surface area contributed by atoms with Crippen LogP contribution in [0.1, 0.15) is 41.7 Å². The number of hydrogen-bond donors (Lipinski definition) is 2. The lowest BCUT2D eigenvalue weighted by molar-refractivity contribution is -0.0463. The zero-order valence-corrected chi connectivity index (χ0v) is 16.1. The normalized spacial score (nSPS) is 22.5. The van der Waals surface area contributed by atoms with Gasteiger partial charge in [0.15, 0.2) is 0 Å². The first-order chi connectivity index (χ1) is 14.3. The van der Waals surface area contributed by atoms with Crippen LogP contribution in [0.15, 0.2) is 65.7 Å². The summed E-state index contributed by atoms with van der Waals surface area (Å²) in [6.07, 6.45) is 7.89. The molecule has 5 heteroatoms. The van der Waals surface area contributed by atoms with Crippen LogP contribution in [-0.4, -0.2) is 32.6 Å². The molecule has 0 amide bonds. The molecule has 0 radical (unpaired) electrons. The summed E-state index contributed by atoms with van der Waals surface area (Å²) in [6, 6.07) is 15.1. The minimum absolute atomic E-state index is 0.339. The Hall–Kier alpha value is -2.89. The summed E-state index contributed by atoms with van der Waals surface area (Å²) >= 11 is 0. The number of nitrogens with one attached hydrogen (secondary N) is 1. The smallest absolute Gasteiger partial charge is 0.133 e. The lowest BCUT2D eigenvalue weighted by Crippen LogP contribution is -2.44. The largest absolute Gasteiger partial charge is 0.472 e. The van der Waals surface area contributed by atoms with Gasteiger partial charge < -0.3 is 14.5 Å². The van der Waals surface area contributed by atoms with Gasteiger partial charge in [0, 0.05) is 24.1 Å². The number of aromatic nitrogens is 2. The number of hydrogen-bond acceptors (Lipinski definition) is 4. The lowest BCUT2D eigenvalue weighted by Gasteiger charge is -2.41. The Kier molecular flexibility index (Phi) is 3.86. The van der Waals surface area contributed by atoms with E-state index in [0.717, 1.165) is 41.5 Å². The number of piperidine rings is 1. The third-order valence-electron chi connectivity index (χ3n) is 6.71. The maximum Gasteiger partial charge on any atom is 0.133 e. The average molecular weight is 385 g/mol. The number of rotatable bonds is 3. The van der Waals surface area contributed by atoms with E-state index >= 15 is 0 Å². The van der Waals surface area contributed by atoms with Crippen LogP contribution in [0.5, 0.6) is 0 Å². The SMILES string of the molecule is OC(c1ccc2nc[nH]c2c1)N1CCCC2c3cc(-c4ccoc4)ccc3CC21. The van der Waals surface area contributed by atoms with E-state index in [1.807, 2.05) is 24.3 Å². The van der Waals surface area contributed by atoms with E-state index in [-0.39, 0.29) is 0 Å². The molecule has 2 aromatic heterocycles. The monoisotopic (exact) mass is 385 g/mol. The minimum Gasteiger partial charge on any atom is -0.472 e. The maximum atomic E-state index is 11.3. The van der Waals surface area contributed by atoms with Gasteiger partial charge >= 0.3 is 0 Å². The van der Waals surface area contributed by atoms with Gasteiger partial charge in [0.1, 0.15) is 6.23 Å². The molecule has 3 unspecified atom stereocenters. The van der Waals surface area contributed by atoms with Crippen molar-refractivity contribution in [1.82, 2.24) is 14.9 Å². The molecule has 1 saturated heterocycles. The molecule has 3 atom stereocenters. The zero-order valence-electron chi connectivity index (χ0n) is 16.1. The Labute approximate surface area is 169 Å². The van der Waals surface area contributed by atoms with Gasteiger partial charge in [-0.05, 0) is 59.7 Å². The number of nitrogens with zero attached hydrogens (tertiary/aromatic N) is 2. The van der Waals surface area contributed by atoms with Crippen LogP contribution in [0.25, 0.3) is 22.2 Å². The first-order valence-electron chi connectivity index (χ1n) is 10.3. The van der Waals surface area contributed by atoms with Crippen molar-refractivity contribution in [2.24, 2.45) is 0 Å². The quantitative estimate of drug-likeness (QED) is 0.540. The Bertz CT molecular complexity index is 1160. The fourth-order valence-corrected chi connectivity index (χ4v) is 5.27. The molecule has 2 aliphatic rings. The molecule has 146 valence electrons. The second-order valence-electron chi connectivity index (χ2n) is 8.24. The van der Waals surface area contributed by atoms with Gasteiger partial charge in [-0.25, -0.2) is 4.98 Å². The number of fused-ring (bicyclic) bond motifs is 4. The van der Waals surface area contributed by atoms with Gasteiger partial charge in [0.2, 0.25) is 0 Å². The first kappa shape index (κ1) is 17.0. The van der Waals surface area contributed by atoms with Crippen molar-refractivity contribution in [3.8, 4) is 11.1 Å². The van der Waals surface area contributed by atoms with Gasteiger partial charge in [-0.15, -0.1) is 0 Å². The number of likely N-dealkylation sites (tertiary alicyclic amines) is 1. The molecule has 1 aliphatic heterocycles. The van der Waals surface area contributed by atoms with Crippen molar-refractivity contribution >= 4 is 11.0 Å². The number of aliphatic hydroxyl groups is 1. The molecule has 1 aliphatic carbocycles. The molecule has 3 heterocycles. The van der Waals surface area contributed by atoms with Crippen molar-refractivity contribution in [3.63, 3.8) is 0 Å². The zero-order chi connectivity index (χ0) is 19.4. The summed E-state index contributed by atoms with van der Waals surface area (Å²) < 4.78 is 5.27. The fourth-order valence-electron chi connectivity index (χ4n) is 5.27. The molecule has 0 spiro atoms. The standard InChI is InChI=1S/C24H23N3O2/c28-24(17-5-6-21-22(11-17)26-14-25-21)27-8-1-2-19-20-10-15(18-7-9-29-13-18)3-4-16(20)12-23(19)27/h3-7,9-11,13-14,19,23-24,28H,1-2,8,12H2,(H,25,26). The third kappa shape index (κ3) is 2.73. The second-order valence-corrected chi connectivity index (χ2v) is 8.24. The number of aliphatic hydroxyl groups excluding tert-OH is 1. The van der Waals surface area contributed by atoms with E-state index < -0.39 is 6.23 Å². The van der Waals surface area contributed by atoms with Crippen LogP contribution in [0, 0.1) is 0 Å². The highest BCUT2D eigenvalue weighted by molar-refractivity contribution is 5.75.